The molecule has 0 saturated heterocycles. The topological polar surface area (TPSA) is 54.5 Å². The molecule has 1 unspecified atom stereocenters. The third-order valence-electron chi connectivity index (χ3n) is 3.87. The minimum absolute atomic E-state index is 0.285. The number of rotatable bonds is 5. The first-order valence-electron chi connectivity index (χ1n) is 7.67. The third-order valence-corrected chi connectivity index (χ3v) is 3.87. The second-order valence-electron chi connectivity index (χ2n) is 5.74. The van der Waals surface area contributed by atoms with E-state index in [0.717, 1.165) is 18.7 Å². The highest BCUT2D eigenvalue weighted by molar-refractivity contribution is 5.32. The number of nitriles is 1. The van der Waals surface area contributed by atoms with Gasteiger partial charge in [0.25, 0.3) is 0 Å². The molecule has 0 spiro atoms. The molecule has 3 aromatic rings. The third kappa shape index (κ3) is 3.83. The molecular formula is C19H18N4. The Kier molecular flexibility index (Phi) is 4.49. The fourth-order valence-corrected chi connectivity index (χ4v) is 2.56. The van der Waals surface area contributed by atoms with Gasteiger partial charge < -0.3 is 0 Å². The molecule has 4 nitrogen and oxygen atoms in total. The smallest absolute Gasteiger partial charge is 0.0991 e. The molecule has 0 bridgehead atoms. The molecule has 0 aliphatic carbocycles. The average molecular weight is 302 g/mol. The lowest BCUT2D eigenvalue weighted by Gasteiger charge is -2.08. The van der Waals surface area contributed by atoms with E-state index in [1.54, 1.807) is 0 Å². The summed E-state index contributed by atoms with van der Waals surface area (Å²) in [5.41, 5.74) is 4.10. The van der Waals surface area contributed by atoms with E-state index < -0.39 is 0 Å². The van der Waals surface area contributed by atoms with Crippen LogP contribution in [0.2, 0.25) is 0 Å². The van der Waals surface area contributed by atoms with Gasteiger partial charge in [0.2, 0.25) is 0 Å². The number of nitrogens with zero attached hydrogens (tertiary/aromatic N) is 4. The summed E-state index contributed by atoms with van der Waals surface area (Å²) in [6.45, 7) is 2.88. The molecule has 0 aliphatic rings. The van der Waals surface area contributed by atoms with E-state index in [0.29, 0.717) is 5.56 Å². The van der Waals surface area contributed by atoms with E-state index in [4.69, 9.17) is 5.26 Å². The van der Waals surface area contributed by atoms with Gasteiger partial charge in [0.1, 0.15) is 0 Å². The zero-order valence-corrected chi connectivity index (χ0v) is 13.1. The Balaban J connectivity index is 1.66. The molecule has 0 aliphatic heterocycles. The molecule has 0 saturated carbocycles. The first-order valence-corrected chi connectivity index (χ1v) is 7.67. The highest BCUT2D eigenvalue weighted by atomic mass is 15.4. The molecule has 2 aromatic carbocycles. The largest absolute Gasteiger partial charge is 0.248 e. The molecule has 4 heteroatoms. The van der Waals surface area contributed by atoms with Gasteiger partial charge in [-0.25, -0.2) is 4.68 Å². The Hall–Kier alpha value is -2.93. The fourth-order valence-electron chi connectivity index (χ4n) is 2.56. The van der Waals surface area contributed by atoms with Gasteiger partial charge in [-0.3, -0.25) is 0 Å². The van der Waals surface area contributed by atoms with Crippen LogP contribution in [0.25, 0.3) is 0 Å². The van der Waals surface area contributed by atoms with Gasteiger partial charge in [0.05, 0.1) is 23.9 Å². The highest BCUT2D eigenvalue weighted by Gasteiger charge is 2.11. The van der Waals surface area contributed by atoms with Crippen LogP contribution in [0, 0.1) is 11.3 Å². The van der Waals surface area contributed by atoms with Gasteiger partial charge in [-0.15, -0.1) is 5.10 Å². The molecule has 0 radical (unpaired) electrons. The SMILES string of the molecule is CC(Cc1ccc(C#N)cc1)c1cn(Cc2ccccc2)nn1. The lowest BCUT2D eigenvalue weighted by molar-refractivity contribution is 0.647. The van der Waals surface area contributed by atoms with Crippen molar-refractivity contribution < 1.29 is 0 Å². The van der Waals surface area contributed by atoms with E-state index in [1.807, 2.05) is 53.3 Å². The molecule has 1 heterocycles. The Labute approximate surface area is 136 Å². The van der Waals surface area contributed by atoms with Crippen molar-refractivity contribution >= 4 is 0 Å². The van der Waals surface area contributed by atoms with E-state index in [-0.39, 0.29) is 5.92 Å². The molecule has 3 rings (SSSR count). The molecule has 0 amide bonds. The van der Waals surface area contributed by atoms with Crippen LogP contribution in [-0.4, -0.2) is 15.0 Å². The van der Waals surface area contributed by atoms with Gasteiger partial charge in [0, 0.05) is 12.1 Å². The van der Waals surface area contributed by atoms with Crippen LogP contribution in [0.1, 0.15) is 35.2 Å². The molecule has 1 aromatic heterocycles. The normalized spacial score (nSPS) is 11.8. The Morgan fingerprint density at radius 3 is 2.48 bits per heavy atom. The maximum atomic E-state index is 8.84. The van der Waals surface area contributed by atoms with Crippen LogP contribution < -0.4 is 0 Å². The monoisotopic (exact) mass is 302 g/mol. The van der Waals surface area contributed by atoms with Crippen LogP contribution in [0.15, 0.2) is 60.8 Å². The summed E-state index contributed by atoms with van der Waals surface area (Å²) in [4.78, 5) is 0. The fraction of sp³-hybridized carbons (Fsp3) is 0.211. The van der Waals surface area contributed by atoms with Gasteiger partial charge in [0.15, 0.2) is 0 Å². The summed E-state index contributed by atoms with van der Waals surface area (Å²) in [5.74, 6) is 0.285. The van der Waals surface area contributed by atoms with Crippen molar-refractivity contribution in [2.45, 2.75) is 25.8 Å². The Morgan fingerprint density at radius 2 is 1.78 bits per heavy atom. The number of hydrogen-bond donors (Lipinski definition) is 0. The van der Waals surface area contributed by atoms with Crippen LogP contribution in [0.3, 0.4) is 0 Å². The minimum Gasteiger partial charge on any atom is -0.248 e. The standard InChI is InChI=1S/C19H18N4/c1-15(11-16-7-9-17(12-20)10-8-16)19-14-23(22-21-19)13-18-5-3-2-4-6-18/h2-10,14-15H,11,13H2,1H3. The van der Waals surface area contributed by atoms with Gasteiger partial charge >= 0.3 is 0 Å². The second kappa shape index (κ2) is 6.89. The highest BCUT2D eigenvalue weighted by Crippen LogP contribution is 2.18. The van der Waals surface area contributed by atoms with Gasteiger partial charge in [-0.1, -0.05) is 54.6 Å². The van der Waals surface area contributed by atoms with E-state index in [2.05, 4.69) is 35.4 Å². The summed E-state index contributed by atoms with van der Waals surface area (Å²) in [7, 11) is 0. The molecule has 0 fully saturated rings. The average Bonchev–Trinajstić information content (AvgIpc) is 3.05. The van der Waals surface area contributed by atoms with Crippen molar-refractivity contribution in [2.75, 3.05) is 0 Å². The summed E-state index contributed by atoms with van der Waals surface area (Å²) >= 11 is 0. The molecule has 1 atom stereocenters. The van der Waals surface area contributed by atoms with E-state index in [1.165, 1.54) is 11.1 Å². The first kappa shape index (κ1) is 15.0. The van der Waals surface area contributed by atoms with Gasteiger partial charge in [-0.2, -0.15) is 5.26 Å². The lowest BCUT2D eigenvalue weighted by atomic mass is 9.98. The number of benzene rings is 2. The quantitative estimate of drug-likeness (QED) is 0.724. The predicted octanol–water partition coefficient (Wildman–Crippen LogP) is 3.54. The van der Waals surface area contributed by atoms with Crippen molar-refractivity contribution in [1.29, 1.82) is 5.26 Å². The van der Waals surface area contributed by atoms with Crippen molar-refractivity contribution in [1.82, 2.24) is 15.0 Å². The van der Waals surface area contributed by atoms with E-state index >= 15 is 0 Å². The van der Waals surface area contributed by atoms with Gasteiger partial charge in [-0.05, 0) is 29.7 Å². The van der Waals surface area contributed by atoms with Crippen molar-refractivity contribution in [2.24, 2.45) is 0 Å². The minimum atomic E-state index is 0.285. The summed E-state index contributed by atoms with van der Waals surface area (Å²) in [6, 6.07) is 20.1. The van der Waals surface area contributed by atoms with Crippen LogP contribution in [0.4, 0.5) is 0 Å². The molecule has 23 heavy (non-hydrogen) atoms. The Bertz CT molecular complexity index is 797. The Morgan fingerprint density at radius 1 is 1.04 bits per heavy atom. The zero-order chi connectivity index (χ0) is 16.1. The number of aromatic nitrogens is 3. The summed E-state index contributed by atoms with van der Waals surface area (Å²) in [6.07, 6.45) is 2.90. The summed E-state index contributed by atoms with van der Waals surface area (Å²) < 4.78 is 1.87. The summed E-state index contributed by atoms with van der Waals surface area (Å²) in [5, 5.41) is 17.4. The molecular weight excluding hydrogens is 284 g/mol. The second-order valence-corrected chi connectivity index (χ2v) is 5.74. The van der Waals surface area contributed by atoms with Crippen LogP contribution >= 0.6 is 0 Å². The first-order chi connectivity index (χ1) is 11.2. The maximum absolute atomic E-state index is 8.84. The predicted molar refractivity (Wildman–Crippen MR) is 88.8 cm³/mol. The maximum Gasteiger partial charge on any atom is 0.0991 e. The molecule has 0 N–H and O–H groups in total. The number of hydrogen-bond acceptors (Lipinski definition) is 3. The lowest BCUT2D eigenvalue weighted by Crippen LogP contribution is -2.00. The van der Waals surface area contributed by atoms with E-state index in [9.17, 15) is 0 Å². The van der Waals surface area contributed by atoms with Crippen molar-refractivity contribution in [3.8, 4) is 6.07 Å². The zero-order valence-electron chi connectivity index (χ0n) is 13.1. The van der Waals surface area contributed by atoms with Crippen molar-refractivity contribution in [3.63, 3.8) is 0 Å². The molecule has 114 valence electrons. The van der Waals surface area contributed by atoms with Crippen LogP contribution in [0.5, 0.6) is 0 Å². The van der Waals surface area contributed by atoms with Crippen molar-refractivity contribution in [3.05, 3.63) is 83.2 Å². The van der Waals surface area contributed by atoms with Crippen LogP contribution in [-0.2, 0) is 13.0 Å².